The smallest absolute Gasteiger partial charge is 0.253 e. The summed E-state index contributed by atoms with van der Waals surface area (Å²) in [6.45, 7) is 5.58. The number of aldehydes is 1. The number of benzene rings is 1. The molecule has 1 aromatic heterocycles. The molecule has 2 N–H and O–H groups in total. The number of aromatic nitrogens is 1. The normalized spacial score (nSPS) is 14.8. The van der Waals surface area contributed by atoms with Gasteiger partial charge in [-0.2, -0.15) is 0 Å². The number of aromatic amines is 1. The second-order valence-electron chi connectivity index (χ2n) is 7.13. The third-order valence-electron chi connectivity index (χ3n) is 5.19. The highest BCUT2D eigenvalue weighted by atomic mass is 16.2. The molecule has 1 aliphatic rings. The Bertz CT molecular complexity index is 879. The van der Waals surface area contributed by atoms with Crippen LogP contribution < -0.4 is 15.8 Å². The first-order valence-corrected chi connectivity index (χ1v) is 9.25. The van der Waals surface area contributed by atoms with Crippen LogP contribution in [0.1, 0.15) is 40.0 Å². The Morgan fingerprint density at radius 1 is 1.22 bits per heavy atom. The topological polar surface area (TPSA) is 82.3 Å². The Labute approximate surface area is 158 Å². The summed E-state index contributed by atoms with van der Waals surface area (Å²) in [4.78, 5) is 40.3. The van der Waals surface area contributed by atoms with Gasteiger partial charge in [0, 0.05) is 48.1 Å². The van der Waals surface area contributed by atoms with Crippen molar-refractivity contribution in [3.63, 3.8) is 0 Å². The molecule has 0 saturated carbocycles. The fourth-order valence-electron chi connectivity index (χ4n) is 3.58. The van der Waals surface area contributed by atoms with Crippen molar-refractivity contribution < 1.29 is 9.59 Å². The van der Waals surface area contributed by atoms with Crippen molar-refractivity contribution in [3.05, 3.63) is 63.1 Å². The van der Waals surface area contributed by atoms with Crippen molar-refractivity contribution in [2.45, 2.75) is 33.2 Å². The van der Waals surface area contributed by atoms with Crippen molar-refractivity contribution in [2.75, 3.05) is 18.0 Å². The number of nitrogens with zero attached hydrogens (tertiary/aromatic N) is 1. The number of aryl methyl sites for hydroxylation is 2. The molecule has 2 aromatic rings. The number of rotatable bonds is 5. The molecule has 1 aliphatic heterocycles. The number of nitrogens with one attached hydrogen (secondary N) is 2. The Morgan fingerprint density at radius 3 is 2.48 bits per heavy atom. The Morgan fingerprint density at radius 2 is 1.89 bits per heavy atom. The molecule has 1 fully saturated rings. The molecule has 27 heavy (non-hydrogen) atoms. The largest absolute Gasteiger partial charge is 0.371 e. The van der Waals surface area contributed by atoms with Crippen molar-refractivity contribution in [1.82, 2.24) is 10.3 Å². The van der Waals surface area contributed by atoms with Gasteiger partial charge in [-0.1, -0.05) is 0 Å². The monoisotopic (exact) mass is 367 g/mol. The minimum Gasteiger partial charge on any atom is -0.371 e. The summed E-state index contributed by atoms with van der Waals surface area (Å²) in [5, 5.41) is 2.92. The molecule has 1 aromatic carbocycles. The fraction of sp³-hybridized carbons (Fsp3) is 0.381. The van der Waals surface area contributed by atoms with E-state index in [1.807, 2.05) is 44.2 Å². The van der Waals surface area contributed by atoms with Crippen molar-refractivity contribution in [1.29, 1.82) is 0 Å². The van der Waals surface area contributed by atoms with Crippen LogP contribution in [0.25, 0.3) is 0 Å². The van der Waals surface area contributed by atoms with Crippen LogP contribution in [0, 0.1) is 19.8 Å². The van der Waals surface area contributed by atoms with E-state index in [1.165, 1.54) is 0 Å². The lowest BCUT2D eigenvalue weighted by Gasteiger charge is -2.33. The van der Waals surface area contributed by atoms with Gasteiger partial charge in [-0.15, -0.1) is 0 Å². The van der Waals surface area contributed by atoms with E-state index in [-0.39, 0.29) is 23.9 Å². The number of carbonyl (C=O) groups is 2. The van der Waals surface area contributed by atoms with Gasteiger partial charge < -0.3 is 15.2 Å². The molecular weight excluding hydrogens is 342 g/mol. The van der Waals surface area contributed by atoms with Gasteiger partial charge in [0.15, 0.2) is 0 Å². The maximum Gasteiger partial charge on any atom is 0.253 e. The highest BCUT2D eigenvalue weighted by Crippen LogP contribution is 2.23. The highest BCUT2D eigenvalue weighted by molar-refractivity contribution is 5.79. The molecular formula is C21H25N3O3. The summed E-state index contributed by atoms with van der Waals surface area (Å²) in [7, 11) is 0. The van der Waals surface area contributed by atoms with Crippen molar-refractivity contribution in [3.8, 4) is 0 Å². The zero-order valence-corrected chi connectivity index (χ0v) is 15.7. The SMILES string of the molecule is Cc1cc(C)c(CNC(=O)C2CCN(c3ccc(C=O)cc3)CC2)c(=O)[nH]1. The predicted octanol–water partition coefficient (Wildman–Crippen LogP) is 2.34. The van der Waals surface area contributed by atoms with Crippen LogP contribution in [-0.2, 0) is 11.3 Å². The average molecular weight is 367 g/mol. The molecule has 1 amide bonds. The van der Waals surface area contributed by atoms with Gasteiger partial charge in [0.05, 0.1) is 0 Å². The lowest BCUT2D eigenvalue weighted by atomic mass is 9.95. The van der Waals surface area contributed by atoms with Gasteiger partial charge in [0.1, 0.15) is 6.29 Å². The minimum absolute atomic E-state index is 0.00493. The average Bonchev–Trinajstić information content (AvgIpc) is 2.67. The first-order chi connectivity index (χ1) is 13.0. The van der Waals surface area contributed by atoms with E-state index in [9.17, 15) is 14.4 Å². The van der Waals surface area contributed by atoms with E-state index in [4.69, 9.17) is 0 Å². The number of H-pyrrole nitrogens is 1. The number of pyridine rings is 1. The summed E-state index contributed by atoms with van der Waals surface area (Å²) in [5.41, 5.74) is 3.92. The Hall–Kier alpha value is -2.89. The van der Waals surface area contributed by atoms with Crippen LogP contribution >= 0.6 is 0 Å². The lowest BCUT2D eigenvalue weighted by molar-refractivity contribution is -0.125. The molecule has 142 valence electrons. The minimum atomic E-state index is -0.138. The third kappa shape index (κ3) is 4.45. The van der Waals surface area contributed by atoms with Gasteiger partial charge in [0.2, 0.25) is 5.91 Å². The predicted molar refractivity (Wildman–Crippen MR) is 105 cm³/mol. The zero-order chi connectivity index (χ0) is 19.4. The standard InChI is InChI=1S/C21H25N3O3/c1-14-11-15(2)23-21(27)19(14)12-22-20(26)17-7-9-24(10-8-17)18-5-3-16(13-25)4-6-18/h3-6,11,13,17H,7-10,12H2,1-2H3,(H,22,26)(H,23,27). The fourth-order valence-corrected chi connectivity index (χ4v) is 3.58. The molecule has 0 aliphatic carbocycles. The van der Waals surface area contributed by atoms with Gasteiger partial charge in [-0.25, -0.2) is 0 Å². The van der Waals surface area contributed by atoms with Crippen LogP contribution in [0.5, 0.6) is 0 Å². The Balaban J connectivity index is 1.54. The molecule has 3 rings (SSSR count). The molecule has 0 bridgehead atoms. The Kier molecular flexibility index (Phi) is 5.74. The second kappa shape index (κ2) is 8.20. The number of piperidine rings is 1. The summed E-state index contributed by atoms with van der Waals surface area (Å²) in [6.07, 6.45) is 2.37. The molecule has 0 unspecified atom stereocenters. The summed E-state index contributed by atoms with van der Waals surface area (Å²) >= 11 is 0. The van der Waals surface area contributed by atoms with Crippen LogP contribution in [0.3, 0.4) is 0 Å². The number of hydrogen-bond acceptors (Lipinski definition) is 4. The van der Waals surface area contributed by atoms with Gasteiger partial charge in [-0.05, 0) is 62.6 Å². The number of carbonyl (C=O) groups excluding carboxylic acids is 2. The molecule has 0 atom stereocenters. The van der Waals surface area contributed by atoms with Gasteiger partial charge >= 0.3 is 0 Å². The van der Waals surface area contributed by atoms with E-state index in [1.54, 1.807) is 0 Å². The van der Waals surface area contributed by atoms with E-state index in [2.05, 4.69) is 15.2 Å². The summed E-state index contributed by atoms with van der Waals surface area (Å²) in [5.74, 6) is -0.0364. The van der Waals surface area contributed by atoms with Crippen molar-refractivity contribution >= 4 is 17.9 Å². The quantitative estimate of drug-likeness (QED) is 0.795. The first-order valence-electron chi connectivity index (χ1n) is 9.25. The second-order valence-corrected chi connectivity index (χ2v) is 7.13. The summed E-state index contributed by atoms with van der Waals surface area (Å²) < 4.78 is 0. The molecule has 0 radical (unpaired) electrons. The summed E-state index contributed by atoms with van der Waals surface area (Å²) in [6, 6.07) is 9.41. The maximum absolute atomic E-state index is 12.5. The van der Waals surface area contributed by atoms with Crippen LogP contribution in [0.15, 0.2) is 35.1 Å². The molecule has 2 heterocycles. The molecule has 0 spiro atoms. The van der Waals surface area contributed by atoms with Gasteiger partial charge in [0.25, 0.3) is 5.56 Å². The maximum atomic E-state index is 12.5. The van der Waals surface area contributed by atoms with E-state index >= 15 is 0 Å². The lowest BCUT2D eigenvalue weighted by Crippen LogP contribution is -2.41. The number of anilines is 1. The zero-order valence-electron chi connectivity index (χ0n) is 15.7. The van der Waals surface area contributed by atoms with Crippen LogP contribution in [0.2, 0.25) is 0 Å². The molecule has 6 heteroatoms. The molecule has 1 saturated heterocycles. The van der Waals surface area contributed by atoms with Crippen LogP contribution in [0.4, 0.5) is 5.69 Å². The third-order valence-corrected chi connectivity index (χ3v) is 5.19. The first kappa shape index (κ1) is 18.9. The van der Waals surface area contributed by atoms with E-state index < -0.39 is 0 Å². The number of amides is 1. The highest BCUT2D eigenvalue weighted by Gasteiger charge is 2.25. The van der Waals surface area contributed by atoms with Gasteiger partial charge in [-0.3, -0.25) is 14.4 Å². The molecule has 6 nitrogen and oxygen atoms in total. The van der Waals surface area contributed by atoms with E-state index in [0.29, 0.717) is 11.1 Å². The van der Waals surface area contributed by atoms with Crippen molar-refractivity contribution in [2.24, 2.45) is 5.92 Å². The van der Waals surface area contributed by atoms with Crippen LogP contribution in [-0.4, -0.2) is 30.3 Å². The number of hydrogen-bond donors (Lipinski definition) is 2. The van der Waals surface area contributed by atoms with E-state index in [0.717, 1.165) is 49.2 Å².